The van der Waals surface area contributed by atoms with Crippen LogP contribution in [-0.4, -0.2) is 54.9 Å². The first-order chi connectivity index (χ1) is 15.4. The maximum Gasteiger partial charge on any atom is 0.248 e. The molecule has 0 bridgehead atoms. The van der Waals surface area contributed by atoms with Gasteiger partial charge in [0.1, 0.15) is 16.4 Å². The molecule has 0 aromatic carbocycles. The Morgan fingerprint density at radius 2 is 1.94 bits per heavy atom. The number of hydrogen-bond donors (Lipinski definition) is 1. The molecule has 1 atom stereocenters. The van der Waals surface area contributed by atoms with Gasteiger partial charge in [-0.05, 0) is 57.6 Å². The minimum absolute atomic E-state index is 0.110. The predicted molar refractivity (Wildman–Crippen MR) is 120 cm³/mol. The molecule has 1 amide bonds. The fraction of sp³-hybridized carbons (Fsp3) is 0.591. The number of pyridine rings is 1. The zero-order chi connectivity index (χ0) is 22.7. The van der Waals surface area contributed by atoms with Crippen molar-refractivity contribution in [3.8, 4) is 0 Å². The summed E-state index contributed by atoms with van der Waals surface area (Å²) in [5, 5.41) is 6.71. The summed E-state index contributed by atoms with van der Waals surface area (Å²) in [7, 11) is -3.75. The highest BCUT2D eigenvalue weighted by Gasteiger charge is 2.36. The van der Waals surface area contributed by atoms with Crippen molar-refractivity contribution in [3.63, 3.8) is 0 Å². The second kappa shape index (κ2) is 9.58. The molecule has 2 aliphatic rings. The summed E-state index contributed by atoms with van der Waals surface area (Å²) >= 11 is 0. The van der Waals surface area contributed by atoms with Gasteiger partial charge < -0.3 is 14.7 Å². The number of sulfonamides is 1. The summed E-state index contributed by atoms with van der Waals surface area (Å²) in [5.74, 6) is 0.727. The van der Waals surface area contributed by atoms with Crippen LogP contribution >= 0.6 is 0 Å². The van der Waals surface area contributed by atoms with Gasteiger partial charge in [0, 0.05) is 38.9 Å². The van der Waals surface area contributed by atoms with Crippen molar-refractivity contribution in [3.05, 3.63) is 35.3 Å². The number of anilines is 1. The Morgan fingerprint density at radius 1 is 1.16 bits per heavy atom. The van der Waals surface area contributed by atoms with E-state index in [2.05, 4.69) is 20.4 Å². The van der Waals surface area contributed by atoms with E-state index in [0.717, 1.165) is 24.5 Å². The standard InChI is InChI=1S/C22H31N5O4S/c1-16-21(17(2)31-25-16)32(29,30)27-12-6-7-19(15-27)22(28)24-14-18-8-9-20(23-13-18)26-10-4-3-5-11-26/h8-9,13,19H,3-7,10-12,14-15H2,1-2H3,(H,24,28). The smallest absolute Gasteiger partial charge is 0.248 e. The molecule has 2 saturated heterocycles. The lowest BCUT2D eigenvalue weighted by atomic mass is 9.99. The number of aromatic nitrogens is 2. The molecule has 1 unspecified atom stereocenters. The molecular formula is C22H31N5O4S. The lowest BCUT2D eigenvalue weighted by Gasteiger charge is -2.31. The van der Waals surface area contributed by atoms with Crippen molar-refractivity contribution in [2.45, 2.75) is 57.4 Å². The Labute approximate surface area is 189 Å². The molecule has 174 valence electrons. The molecule has 10 heteroatoms. The second-order valence-electron chi connectivity index (χ2n) is 8.65. The number of nitrogens with one attached hydrogen (secondary N) is 1. The monoisotopic (exact) mass is 461 g/mol. The quantitative estimate of drug-likeness (QED) is 0.703. The zero-order valence-electron chi connectivity index (χ0n) is 18.7. The molecule has 0 radical (unpaired) electrons. The first-order valence-corrected chi connectivity index (χ1v) is 12.7. The third-order valence-corrected chi connectivity index (χ3v) is 8.39. The maximum atomic E-state index is 13.1. The van der Waals surface area contributed by atoms with Crippen LogP contribution in [0, 0.1) is 19.8 Å². The topological polar surface area (TPSA) is 109 Å². The summed E-state index contributed by atoms with van der Waals surface area (Å²) in [5.41, 5.74) is 1.27. The van der Waals surface area contributed by atoms with Crippen LogP contribution < -0.4 is 10.2 Å². The molecule has 2 aromatic heterocycles. The number of piperidine rings is 2. The third-order valence-electron chi connectivity index (χ3n) is 6.28. The van der Waals surface area contributed by atoms with E-state index in [4.69, 9.17) is 4.52 Å². The Balaban J connectivity index is 1.34. The van der Waals surface area contributed by atoms with Gasteiger partial charge in [-0.15, -0.1) is 0 Å². The van der Waals surface area contributed by atoms with Crippen LogP contribution in [-0.2, 0) is 21.4 Å². The highest BCUT2D eigenvalue weighted by atomic mass is 32.2. The molecule has 4 heterocycles. The van der Waals surface area contributed by atoms with Crippen LogP contribution in [0.4, 0.5) is 5.82 Å². The van der Waals surface area contributed by atoms with Gasteiger partial charge >= 0.3 is 0 Å². The van der Waals surface area contributed by atoms with Gasteiger partial charge in [0.25, 0.3) is 0 Å². The first kappa shape index (κ1) is 22.7. The van der Waals surface area contributed by atoms with Crippen LogP contribution in [0.25, 0.3) is 0 Å². The molecule has 9 nitrogen and oxygen atoms in total. The van der Waals surface area contributed by atoms with Crippen LogP contribution in [0.3, 0.4) is 0 Å². The molecule has 0 spiro atoms. The van der Waals surface area contributed by atoms with Crippen molar-refractivity contribution < 1.29 is 17.7 Å². The highest BCUT2D eigenvalue weighted by molar-refractivity contribution is 7.89. The van der Waals surface area contributed by atoms with Crippen molar-refractivity contribution in [1.82, 2.24) is 19.8 Å². The largest absolute Gasteiger partial charge is 0.360 e. The number of carbonyl (C=O) groups is 1. The van der Waals surface area contributed by atoms with Gasteiger partial charge in [-0.25, -0.2) is 13.4 Å². The van der Waals surface area contributed by atoms with E-state index in [-0.39, 0.29) is 29.0 Å². The van der Waals surface area contributed by atoms with Gasteiger partial charge in [-0.2, -0.15) is 4.31 Å². The molecule has 2 aliphatic heterocycles. The summed E-state index contributed by atoms with van der Waals surface area (Å²) in [4.78, 5) is 19.7. The summed E-state index contributed by atoms with van der Waals surface area (Å²) in [6.45, 7) is 6.20. The first-order valence-electron chi connectivity index (χ1n) is 11.3. The Hall–Kier alpha value is -2.46. The fourth-order valence-electron chi connectivity index (χ4n) is 4.51. The lowest BCUT2D eigenvalue weighted by molar-refractivity contribution is -0.126. The van der Waals surface area contributed by atoms with E-state index in [1.165, 1.54) is 23.6 Å². The number of rotatable bonds is 6. The summed E-state index contributed by atoms with van der Waals surface area (Å²) in [6, 6.07) is 4.00. The molecule has 1 N–H and O–H groups in total. The SMILES string of the molecule is Cc1noc(C)c1S(=O)(=O)N1CCCC(C(=O)NCc2ccc(N3CCCCC3)nc2)C1. The van der Waals surface area contributed by atoms with E-state index in [1.807, 2.05) is 12.1 Å². The van der Waals surface area contributed by atoms with Crippen LogP contribution in [0.1, 0.15) is 49.1 Å². The van der Waals surface area contributed by atoms with Gasteiger partial charge in [-0.3, -0.25) is 4.79 Å². The molecular weight excluding hydrogens is 430 g/mol. The second-order valence-corrected chi connectivity index (χ2v) is 10.5. The van der Waals surface area contributed by atoms with Gasteiger partial charge in [-0.1, -0.05) is 11.2 Å². The Bertz CT molecular complexity index is 1030. The number of hydrogen-bond acceptors (Lipinski definition) is 7. The van der Waals surface area contributed by atoms with Crippen LogP contribution in [0.2, 0.25) is 0 Å². The van der Waals surface area contributed by atoms with Crippen LogP contribution in [0.5, 0.6) is 0 Å². The fourth-order valence-corrected chi connectivity index (χ4v) is 6.33. The molecule has 2 aromatic rings. The molecule has 4 rings (SSSR count). The van der Waals surface area contributed by atoms with Gasteiger partial charge in [0.05, 0.1) is 5.92 Å². The molecule has 0 saturated carbocycles. The summed E-state index contributed by atoms with van der Waals surface area (Å²) < 4.78 is 32.6. The zero-order valence-corrected chi connectivity index (χ0v) is 19.5. The van der Waals surface area contributed by atoms with Crippen molar-refractivity contribution in [1.29, 1.82) is 0 Å². The molecule has 2 fully saturated rings. The maximum absolute atomic E-state index is 13.1. The third kappa shape index (κ3) is 4.80. The van der Waals surface area contributed by atoms with E-state index >= 15 is 0 Å². The Morgan fingerprint density at radius 3 is 2.59 bits per heavy atom. The van der Waals surface area contributed by atoms with Crippen molar-refractivity contribution in [2.75, 3.05) is 31.1 Å². The minimum Gasteiger partial charge on any atom is -0.360 e. The lowest BCUT2D eigenvalue weighted by Crippen LogP contribution is -2.45. The number of nitrogens with zero attached hydrogens (tertiary/aromatic N) is 4. The summed E-state index contributed by atoms with van der Waals surface area (Å²) in [6.07, 6.45) is 6.77. The average Bonchev–Trinajstić information content (AvgIpc) is 3.17. The van der Waals surface area contributed by atoms with Crippen LogP contribution in [0.15, 0.2) is 27.7 Å². The van der Waals surface area contributed by atoms with E-state index in [0.29, 0.717) is 31.6 Å². The number of aryl methyl sites for hydroxylation is 2. The predicted octanol–water partition coefficient (Wildman–Crippen LogP) is 2.39. The minimum atomic E-state index is -3.75. The van der Waals surface area contributed by atoms with E-state index < -0.39 is 10.0 Å². The van der Waals surface area contributed by atoms with E-state index in [9.17, 15) is 13.2 Å². The van der Waals surface area contributed by atoms with Gasteiger partial charge in [0.2, 0.25) is 15.9 Å². The highest BCUT2D eigenvalue weighted by Crippen LogP contribution is 2.28. The number of carbonyl (C=O) groups excluding carboxylic acids is 1. The van der Waals surface area contributed by atoms with Crippen molar-refractivity contribution >= 4 is 21.7 Å². The average molecular weight is 462 g/mol. The molecule has 32 heavy (non-hydrogen) atoms. The number of amides is 1. The van der Waals surface area contributed by atoms with Crippen molar-refractivity contribution in [2.24, 2.45) is 5.92 Å². The Kier molecular flexibility index (Phi) is 6.80. The normalized spacial score (nSPS) is 20.3. The molecule has 0 aliphatic carbocycles. The van der Waals surface area contributed by atoms with Gasteiger partial charge in [0.15, 0.2) is 5.76 Å². The van der Waals surface area contributed by atoms with E-state index in [1.54, 1.807) is 20.0 Å².